The van der Waals surface area contributed by atoms with Gasteiger partial charge in [-0.25, -0.2) is 9.59 Å². The van der Waals surface area contributed by atoms with Crippen LogP contribution >= 0.6 is 0 Å². The fourth-order valence-corrected chi connectivity index (χ4v) is 1.31. The maximum atomic E-state index is 11.8. The van der Waals surface area contributed by atoms with Crippen molar-refractivity contribution in [2.75, 3.05) is 13.7 Å². The van der Waals surface area contributed by atoms with E-state index < -0.39 is 5.97 Å². The van der Waals surface area contributed by atoms with Crippen molar-refractivity contribution in [1.29, 1.82) is 0 Å². The molecule has 0 amide bonds. The molecule has 4 nitrogen and oxygen atoms in total. The van der Waals surface area contributed by atoms with E-state index in [1.807, 2.05) is 13.8 Å². The summed E-state index contributed by atoms with van der Waals surface area (Å²) in [6.45, 7) is 6.52. The Morgan fingerprint density at radius 1 is 1.05 bits per heavy atom. The lowest BCUT2D eigenvalue weighted by molar-refractivity contribution is 0.0335. The number of methoxy groups -OCH3 is 1. The van der Waals surface area contributed by atoms with Crippen LogP contribution in [0.2, 0.25) is 0 Å². The highest BCUT2D eigenvalue weighted by molar-refractivity contribution is 5.93. The molecular formula is C15H20O4. The lowest BCUT2D eigenvalue weighted by Gasteiger charge is -2.21. The molecule has 0 saturated heterocycles. The number of benzene rings is 1. The minimum atomic E-state index is -0.424. The van der Waals surface area contributed by atoms with Gasteiger partial charge in [0.1, 0.15) is 0 Å². The van der Waals surface area contributed by atoms with Crippen LogP contribution in [-0.4, -0.2) is 25.7 Å². The maximum Gasteiger partial charge on any atom is 0.338 e. The summed E-state index contributed by atoms with van der Waals surface area (Å²) in [4.78, 5) is 23.1. The summed E-state index contributed by atoms with van der Waals surface area (Å²) in [5.41, 5.74) is 0.814. The quantitative estimate of drug-likeness (QED) is 0.767. The van der Waals surface area contributed by atoms with Crippen LogP contribution < -0.4 is 0 Å². The van der Waals surface area contributed by atoms with Gasteiger partial charge < -0.3 is 9.47 Å². The molecule has 104 valence electrons. The van der Waals surface area contributed by atoms with Crippen LogP contribution in [-0.2, 0) is 9.47 Å². The summed E-state index contributed by atoms with van der Waals surface area (Å²) in [7, 11) is 1.32. The normalized spacial score (nSPS) is 10.9. The van der Waals surface area contributed by atoms with Crippen LogP contribution in [0.5, 0.6) is 0 Å². The zero-order valence-corrected chi connectivity index (χ0v) is 11.9. The Labute approximate surface area is 113 Å². The van der Waals surface area contributed by atoms with E-state index in [1.54, 1.807) is 24.3 Å². The van der Waals surface area contributed by atoms with Crippen LogP contribution in [0.4, 0.5) is 0 Å². The average Bonchev–Trinajstić information content (AvgIpc) is 2.44. The van der Waals surface area contributed by atoms with Crippen molar-refractivity contribution < 1.29 is 19.1 Å². The number of esters is 2. The molecule has 1 aromatic carbocycles. The second-order valence-electron chi connectivity index (χ2n) is 5.16. The van der Waals surface area contributed by atoms with Crippen molar-refractivity contribution in [2.24, 2.45) is 5.41 Å². The summed E-state index contributed by atoms with van der Waals surface area (Å²) in [5, 5.41) is 0. The molecule has 1 rings (SSSR count). The highest BCUT2D eigenvalue weighted by Gasteiger charge is 2.18. The van der Waals surface area contributed by atoms with Crippen LogP contribution in [0.3, 0.4) is 0 Å². The van der Waals surface area contributed by atoms with E-state index in [0.29, 0.717) is 17.7 Å². The Kier molecular flexibility index (Phi) is 5.10. The largest absolute Gasteiger partial charge is 0.465 e. The Morgan fingerprint density at radius 3 is 1.95 bits per heavy atom. The van der Waals surface area contributed by atoms with Crippen LogP contribution in [0.15, 0.2) is 24.3 Å². The van der Waals surface area contributed by atoms with E-state index in [-0.39, 0.29) is 11.4 Å². The third kappa shape index (κ3) is 4.39. The lowest BCUT2D eigenvalue weighted by atomic mass is 9.92. The smallest absolute Gasteiger partial charge is 0.338 e. The molecule has 0 atom stereocenters. The van der Waals surface area contributed by atoms with Crippen molar-refractivity contribution >= 4 is 11.9 Å². The van der Waals surface area contributed by atoms with Crippen molar-refractivity contribution in [1.82, 2.24) is 0 Å². The van der Waals surface area contributed by atoms with Crippen molar-refractivity contribution in [2.45, 2.75) is 27.2 Å². The highest BCUT2D eigenvalue weighted by Crippen LogP contribution is 2.20. The molecule has 0 heterocycles. The van der Waals surface area contributed by atoms with Gasteiger partial charge in [-0.1, -0.05) is 20.8 Å². The predicted molar refractivity (Wildman–Crippen MR) is 72.1 cm³/mol. The minimum Gasteiger partial charge on any atom is -0.465 e. The van der Waals surface area contributed by atoms with Crippen LogP contribution in [0, 0.1) is 5.41 Å². The molecule has 0 N–H and O–H groups in total. The van der Waals surface area contributed by atoms with Gasteiger partial charge in [0.2, 0.25) is 0 Å². The van der Waals surface area contributed by atoms with Gasteiger partial charge in [0.25, 0.3) is 0 Å². The maximum absolute atomic E-state index is 11.8. The van der Waals surface area contributed by atoms with Gasteiger partial charge >= 0.3 is 11.9 Å². The second-order valence-corrected chi connectivity index (χ2v) is 5.16. The van der Waals surface area contributed by atoms with E-state index in [9.17, 15) is 9.59 Å². The molecule has 1 aromatic rings. The highest BCUT2D eigenvalue weighted by atomic mass is 16.5. The molecule has 0 bridgehead atoms. The SMILES string of the molecule is CCC(C)(C)COC(=O)c1ccc(C(=O)OC)cc1. The van der Waals surface area contributed by atoms with Gasteiger partial charge in [0.05, 0.1) is 24.8 Å². The van der Waals surface area contributed by atoms with Gasteiger partial charge in [-0.15, -0.1) is 0 Å². The molecule has 0 aliphatic carbocycles. The first kappa shape index (κ1) is 15.2. The lowest BCUT2D eigenvalue weighted by Crippen LogP contribution is -2.21. The Hall–Kier alpha value is -1.84. The van der Waals surface area contributed by atoms with Crippen molar-refractivity contribution in [3.63, 3.8) is 0 Å². The topological polar surface area (TPSA) is 52.6 Å². The zero-order valence-electron chi connectivity index (χ0n) is 11.9. The van der Waals surface area contributed by atoms with Crippen LogP contribution in [0.25, 0.3) is 0 Å². The van der Waals surface area contributed by atoms with Crippen LogP contribution in [0.1, 0.15) is 47.9 Å². The van der Waals surface area contributed by atoms with Gasteiger partial charge in [0.15, 0.2) is 0 Å². The molecule has 0 fully saturated rings. The van der Waals surface area contributed by atoms with Crippen molar-refractivity contribution in [3.8, 4) is 0 Å². The standard InChI is InChI=1S/C15H20O4/c1-5-15(2,3)10-19-14(17)12-8-6-11(7-9-12)13(16)18-4/h6-9H,5,10H2,1-4H3. The number of rotatable bonds is 5. The zero-order chi connectivity index (χ0) is 14.5. The van der Waals surface area contributed by atoms with E-state index in [1.165, 1.54) is 7.11 Å². The molecule has 0 radical (unpaired) electrons. The van der Waals surface area contributed by atoms with E-state index >= 15 is 0 Å². The second kappa shape index (κ2) is 6.36. The van der Waals surface area contributed by atoms with E-state index in [0.717, 1.165) is 6.42 Å². The number of hydrogen-bond donors (Lipinski definition) is 0. The average molecular weight is 264 g/mol. The summed E-state index contributed by atoms with van der Waals surface area (Å²) in [6, 6.07) is 6.22. The van der Waals surface area contributed by atoms with Gasteiger partial charge in [-0.05, 0) is 36.1 Å². The molecule has 0 aliphatic heterocycles. The number of hydrogen-bond acceptors (Lipinski definition) is 4. The molecule has 0 saturated carbocycles. The predicted octanol–water partition coefficient (Wildman–Crippen LogP) is 3.07. The minimum absolute atomic E-state index is 0.0262. The fourth-order valence-electron chi connectivity index (χ4n) is 1.31. The number of ether oxygens (including phenoxy) is 2. The summed E-state index contributed by atoms with van der Waals surface area (Å²) < 4.78 is 9.84. The van der Waals surface area contributed by atoms with Gasteiger partial charge in [-0.2, -0.15) is 0 Å². The third-order valence-corrected chi connectivity index (χ3v) is 3.09. The molecule has 0 unspecified atom stereocenters. The molecule has 0 aromatic heterocycles. The van der Waals surface area contributed by atoms with E-state index in [2.05, 4.69) is 11.7 Å². The monoisotopic (exact) mass is 264 g/mol. The molecular weight excluding hydrogens is 244 g/mol. The van der Waals surface area contributed by atoms with Crippen molar-refractivity contribution in [3.05, 3.63) is 35.4 Å². The Bertz CT molecular complexity index is 446. The third-order valence-electron chi connectivity index (χ3n) is 3.09. The summed E-state index contributed by atoms with van der Waals surface area (Å²) >= 11 is 0. The molecule has 19 heavy (non-hydrogen) atoms. The first-order valence-corrected chi connectivity index (χ1v) is 6.25. The number of carbonyl (C=O) groups is 2. The molecule has 4 heteroatoms. The van der Waals surface area contributed by atoms with Gasteiger partial charge in [-0.3, -0.25) is 0 Å². The summed E-state index contributed by atoms with van der Waals surface area (Å²) in [5.74, 6) is -0.801. The molecule has 0 aliphatic rings. The number of carbonyl (C=O) groups excluding carboxylic acids is 2. The van der Waals surface area contributed by atoms with E-state index in [4.69, 9.17) is 4.74 Å². The summed E-state index contributed by atoms with van der Waals surface area (Å²) in [6.07, 6.45) is 0.932. The molecule has 0 spiro atoms. The first-order chi connectivity index (χ1) is 8.89. The fraction of sp³-hybridized carbons (Fsp3) is 0.467. The first-order valence-electron chi connectivity index (χ1n) is 6.25. The van der Waals surface area contributed by atoms with Gasteiger partial charge in [0, 0.05) is 0 Å². The Morgan fingerprint density at radius 2 is 1.53 bits per heavy atom. The Balaban J connectivity index is 2.66.